The Bertz CT molecular complexity index is 267. The predicted octanol–water partition coefficient (Wildman–Crippen LogP) is 8.16. The summed E-state index contributed by atoms with van der Waals surface area (Å²) in [5, 5.41) is 0. The van der Waals surface area contributed by atoms with Crippen LogP contribution in [0.15, 0.2) is 18.2 Å². The molecule has 0 aliphatic rings. The molecule has 0 unspecified atom stereocenters. The molecule has 0 saturated carbocycles. The van der Waals surface area contributed by atoms with Gasteiger partial charge in [0.1, 0.15) is 0 Å². The van der Waals surface area contributed by atoms with Crippen molar-refractivity contribution in [3.63, 3.8) is 0 Å². The van der Waals surface area contributed by atoms with Gasteiger partial charge in [0.05, 0.1) is 7.11 Å². The molecule has 0 aromatic carbocycles. The van der Waals surface area contributed by atoms with E-state index in [-0.39, 0.29) is 0 Å². The molecule has 1 nitrogen and oxygen atoms in total. The molecule has 0 spiro atoms. The van der Waals surface area contributed by atoms with Crippen molar-refractivity contribution in [3.05, 3.63) is 24.5 Å². The van der Waals surface area contributed by atoms with Crippen molar-refractivity contribution in [3.8, 4) is 0 Å². The highest BCUT2D eigenvalue weighted by Gasteiger charge is 1.94. The van der Waals surface area contributed by atoms with Crippen LogP contribution in [0.5, 0.6) is 0 Å². The van der Waals surface area contributed by atoms with E-state index < -0.39 is 0 Å². The number of allylic oxidation sites excluding steroid dienone is 3. The summed E-state index contributed by atoms with van der Waals surface area (Å²) in [6.45, 7) is 2.29. The topological polar surface area (TPSA) is 9.23 Å². The molecule has 1 heteroatoms. The molecule has 0 atom stereocenters. The van der Waals surface area contributed by atoms with Gasteiger partial charge in [0.25, 0.3) is 0 Å². The molecule has 0 aliphatic carbocycles. The minimum Gasteiger partial charge on any atom is -0.493 e. The van der Waals surface area contributed by atoms with E-state index in [1.165, 1.54) is 103 Å². The van der Waals surface area contributed by atoms with Gasteiger partial charge in [0, 0.05) is 0 Å². The van der Waals surface area contributed by atoms with Crippen LogP contribution in [0.2, 0.25) is 0 Å². The zero-order valence-electron chi connectivity index (χ0n) is 16.7. The van der Waals surface area contributed by atoms with Crippen LogP contribution in [0.25, 0.3) is 0 Å². The van der Waals surface area contributed by atoms with Crippen LogP contribution < -0.4 is 0 Å². The maximum absolute atomic E-state index is 4.74. The number of hydrogen-bond acceptors (Lipinski definition) is 1. The van der Waals surface area contributed by atoms with E-state index in [1.54, 1.807) is 7.11 Å². The second-order valence-corrected chi connectivity index (χ2v) is 6.97. The monoisotopic (exact) mass is 335 g/mol. The van der Waals surface area contributed by atoms with Crippen LogP contribution in [0, 0.1) is 6.26 Å². The van der Waals surface area contributed by atoms with E-state index in [0.717, 1.165) is 6.42 Å². The smallest absolute Gasteiger partial charge is 0.156 e. The van der Waals surface area contributed by atoms with Gasteiger partial charge < -0.3 is 4.74 Å². The van der Waals surface area contributed by atoms with Crippen molar-refractivity contribution < 1.29 is 4.74 Å². The highest BCUT2D eigenvalue weighted by Crippen LogP contribution is 2.13. The first-order chi connectivity index (χ1) is 11.9. The highest BCUT2D eigenvalue weighted by atomic mass is 16.5. The van der Waals surface area contributed by atoms with Gasteiger partial charge in [0.15, 0.2) is 6.26 Å². The zero-order chi connectivity index (χ0) is 17.6. The molecule has 0 fully saturated rings. The summed E-state index contributed by atoms with van der Waals surface area (Å²) in [4.78, 5) is 0. The quantitative estimate of drug-likeness (QED) is 0.131. The van der Waals surface area contributed by atoms with Gasteiger partial charge in [-0.2, -0.15) is 0 Å². The zero-order valence-corrected chi connectivity index (χ0v) is 16.7. The average molecular weight is 336 g/mol. The number of hydrogen-bond donors (Lipinski definition) is 0. The highest BCUT2D eigenvalue weighted by molar-refractivity contribution is 4.88. The lowest BCUT2D eigenvalue weighted by molar-refractivity contribution is 0.311. The lowest BCUT2D eigenvalue weighted by Gasteiger charge is -2.03. The SMILES string of the molecule is CCCCCCCCCCCCCCCCCC=CCC=[C]OC. The van der Waals surface area contributed by atoms with Gasteiger partial charge in [-0.25, -0.2) is 0 Å². The van der Waals surface area contributed by atoms with Crippen LogP contribution in [0.1, 0.15) is 116 Å². The van der Waals surface area contributed by atoms with Crippen molar-refractivity contribution in [2.75, 3.05) is 7.11 Å². The third kappa shape index (κ3) is 21.3. The van der Waals surface area contributed by atoms with Crippen LogP contribution in [-0.2, 0) is 4.74 Å². The summed E-state index contributed by atoms with van der Waals surface area (Å²) in [6, 6.07) is 0. The van der Waals surface area contributed by atoms with Crippen molar-refractivity contribution in [1.82, 2.24) is 0 Å². The third-order valence-electron chi connectivity index (χ3n) is 4.60. The van der Waals surface area contributed by atoms with E-state index in [9.17, 15) is 0 Å². The fourth-order valence-corrected chi connectivity index (χ4v) is 3.05. The summed E-state index contributed by atoms with van der Waals surface area (Å²) in [7, 11) is 1.63. The Labute approximate surface area is 153 Å². The summed E-state index contributed by atoms with van der Waals surface area (Å²) < 4.78 is 4.74. The first-order valence-corrected chi connectivity index (χ1v) is 10.7. The van der Waals surface area contributed by atoms with Crippen LogP contribution >= 0.6 is 0 Å². The second kappa shape index (κ2) is 22.3. The normalized spacial score (nSPS) is 11.8. The molecule has 0 rings (SSSR count). The fraction of sp³-hybridized carbons (Fsp3) is 0.826. The van der Waals surface area contributed by atoms with E-state index in [2.05, 4.69) is 25.3 Å². The molecular formula is C23H43O. The minimum absolute atomic E-state index is 0.937. The summed E-state index contributed by atoms with van der Waals surface area (Å²) >= 11 is 0. The molecular weight excluding hydrogens is 292 g/mol. The van der Waals surface area contributed by atoms with Crippen molar-refractivity contribution in [2.24, 2.45) is 0 Å². The standard InChI is InChI=1S/C23H43O/c1-3-4-5-6-7-8-9-10-11-12-13-14-15-16-17-18-19-20-21-22-23-24-2/h19-20,22H,3-18,21H2,1-2H3. The van der Waals surface area contributed by atoms with Gasteiger partial charge >= 0.3 is 0 Å². The van der Waals surface area contributed by atoms with E-state index in [0.29, 0.717) is 0 Å². The predicted molar refractivity (Wildman–Crippen MR) is 108 cm³/mol. The molecule has 141 valence electrons. The lowest BCUT2D eigenvalue weighted by atomic mass is 10.0. The van der Waals surface area contributed by atoms with Gasteiger partial charge in [-0.15, -0.1) is 0 Å². The first-order valence-electron chi connectivity index (χ1n) is 10.7. The summed E-state index contributed by atoms with van der Waals surface area (Å²) in [5.74, 6) is 0. The van der Waals surface area contributed by atoms with Crippen LogP contribution in [0.3, 0.4) is 0 Å². The molecule has 0 aromatic rings. The van der Waals surface area contributed by atoms with E-state index in [1.807, 2.05) is 6.08 Å². The van der Waals surface area contributed by atoms with Crippen LogP contribution in [-0.4, -0.2) is 7.11 Å². The molecule has 0 aromatic heterocycles. The summed E-state index contributed by atoms with van der Waals surface area (Å²) in [5.41, 5.74) is 0. The molecule has 0 aliphatic heterocycles. The Morgan fingerprint density at radius 3 is 1.54 bits per heavy atom. The molecule has 0 heterocycles. The number of unbranched alkanes of at least 4 members (excludes halogenated alkanes) is 15. The number of rotatable bonds is 19. The second-order valence-electron chi connectivity index (χ2n) is 6.97. The molecule has 0 bridgehead atoms. The number of ether oxygens (including phenoxy) is 1. The molecule has 0 saturated heterocycles. The largest absolute Gasteiger partial charge is 0.493 e. The number of methoxy groups -OCH3 is 1. The Kier molecular flexibility index (Phi) is 21.6. The minimum atomic E-state index is 0.937. The van der Waals surface area contributed by atoms with E-state index >= 15 is 0 Å². The maximum atomic E-state index is 4.74. The Hall–Kier alpha value is -0.720. The molecule has 0 amide bonds. The first kappa shape index (κ1) is 23.3. The third-order valence-corrected chi connectivity index (χ3v) is 4.60. The van der Waals surface area contributed by atoms with Gasteiger partial charge in [-0.05, 0) is 25.3 Å². The van der Waals surface area contributed by atoms with Crippen molar-refractivity contribution in [1.29, 1.82) is 0 Å². The molecule has 24 heavy (non-hydrogen) atoms. The van der Waals surface area contributed by atoms with E-state index in [4.69, 9.17) is 4.74 Å². The Balaban J connectivity index is 3.04. The van der Waals surface area contributed by atoms with Crippen molar-refractivity contribution in [2.45, 2.75) is 116 Å². The fourth-order valence-electron chi connectivity index (χ4n) is 3.05. The van der Waals surface area contributed by atoms with Gasteiger partial charge in [0.2, 0.25) is 0 Å². The van der Waals surface area contributed by atoms with Gasteiger partial charge in [-0.3, -0.25) is 0 Å². The van der Waals surface area contributed by atoms with Gasteiger partial charge in [-0.1, -0.05) is 109 Å². The lowest BCUT2D eigenvalue weighted by Crippen LogP contribution is -1.83. The van der Waals surface area contributed by atoms with Crippen molar-refractivity contribution >= 4 is 0 Å². The Morgan fingerprint density at radius 1 is 0.625 bits per heavy atom. The van der Waals surface area contributed by atoms with Crippen LogP contribution in [0.4, 0.5) is 0 Å². The Morgan fingerprint density at radius 2 is 1.08 bits per heavy atom. The molecule has 1 radical (unpaired) electrons. The average Bonchev–Trinajstić information content (AvgIpc) is 2.60. The summed E-state index contributed by atoms with van der Waals surface area (Å²) in [6.07, 6.45) is 32.8. The molecule has 0 N–H and O–H groups in total. The maximum Gasteiger partial charge on any atom is 0.156 e.